The Bertz CT molecular complexity index is 739. The molecule has 0 amide bonds. The van der Waals surface area contributed by atoms with Crippen LogP contribution in [0.15, 0.2) is 30.5 Å². The van der Waals surface area contributed by atoms with Crippen LogP contribution in [0.1, 0.15) is 5.56 Å². The third kappa shape index (κ3) is 1.83. The largest absolute Gasteiger partial charge is 0.417 e. The Hall–Kier alpha value is -2.44. The van der Waals surface area contributed by atoms with Crippen molar-refractivity contribution in [3.63, 3.8) is 0 Å². The number of benzene rings is 1. The molecule has 0 spiro atoms. The summed E-state index contributed by atoms with van der Waals surface area (Å²) in [6, 6.07) is 5.42. The van der Waals surface area contributed by atoms with E-state index in [2.05, 4.69) is 15.2 Å². The van der Waals surface area contributed by atoms with Crippen LogP contribution in [0.5, 0.6) is 0 Å². The Kier molecular flexibility index (Phi) is 2.31. The predicted octanol–water partition coefficient (Wildman–Crippen LogP) is 3.16. The molecule has 0 bridgehead atoms. The molecule has 98 valence electrons. The molecule has 0 atom stereocenters. The number of aromatic nitrogens is 3. The summed E-state index contributed by atoms with van der Waals surface area (Å²) in [6.45, 7) is 0. The Morgan fingerprint density at radius 2 is 2.00 bits per heavy atom. The second-order valence-corrected chi connectivity index (χ2v) is 4.15. The molecule has 0 radical (unpaired) electrons. The Labute approximate surface area is 105 Å². The number of anilines is 1. The summed E-state index contributed by atoms with van der Waals surface area (Å²) in [5.74, 6) is 0. The Morgan fingerprint density at radius 3 is 2.63 bits per heavy atom. The quantitative estimate of drug-likeness (QED) is 0.633. The molecule has 0 saturated carbocycles. The Balaban J connectivity index is 2.25. The molecule has 0 aliphatic carbocycles. The van der Waals surface area contributed by atoms with Gasteiger partial charge in [-0.15, -0.1) is 0 Å². The number of nitrogens with two attached hydrogens (primary N) is 1. The number of rotatable bonds is 1. The molecule has 0 aliphatic rings. The van der Waals surface area contributed by atoms with Crippen LogP contribution in [0.4, 0.5) is 18.9 Å². The van der Waals surface area contributed by atoms with Crippen molar-refractivity contribution in [3.8, 4) is 11.4 Å². The summed E-state index contributed by atoms with van der Waals surface area (Å²) in [4.78, 5) is 2.90. The van der Waals surface area contributed by atoms with Gasteiger partial charge in [0.25, 0.3) is 0 Å². The molecule has 7 heteroatoms. The molecular weight excluding hydrogens is 257 g/mol. The second-order valence-electron chi connectivity index (χ2n) is 4.15. The number of nitrogens with one attached hydrogen (secondary N) is 2. The van der Waals surface area contributed by atoms with Crippen molar-refractivity contribution in [1.82, 2.24) is 15.2 Å². The zero-order valence-electron chi connectivity index (χ0n) is 9.55. The highest BCUT2D eigenvalue weighted by Crippen LogP contribution is 2.36. The van der Waals surface area contributed by atoms with Gasteiger partial charge in [-0.05, 0) is 18.2 Å². The summed E-state index contributed by atoms with van der Waals surface area (Å²) >= 11 is 0. The van der Waals surface area contributed by atoms with Crippen molar-refractivity contribution < 1.29 is 13.2 Å². The number of H-pyrrole nitrogens is 2. The first-order valence-corrected chi connectivity index (χ1v) is 5.45. The van der Waals surface area contributed by atoms with Gasteiger partial charge < -0.3 is 10.7 Å². The molecule has 3 rings (SSSR count). The van der Waals surface area contributed by atoms with E-state index in [4.69, 9.17) is 5.73 Å². The monoisotopic (exact) mass is 266 g/mol. The first kappa shape index (κ1) is 11.6. The number of hydrogen-bond donors (Lipinski definition) is 3. The van der Waals surface area contributed by atoms with Crippen molar-refractivity contribution in [2.24, 2.45) is 0 Å². The van der Waals surface area contributed by atoms with E-state index in [-0.39, 0.29) is 5.39 Å². The molecule has 2 aromatic heterocycles. The molecule has 0 unspecified atom stereocenters. The zero-order chi connectivity index (χ0) is 13.6. The molecule has 4 N–H and O–H groups in total. The summed E-state index contributed by atoms with van der Waals surface area (Å²) in [5, 5.41) is 6.51. The minimum atomic E-state index is -4.39. The minimum absolute atomic E-state index is 0.110. The fraction of sp³-hybridized carbons (Fsp3) is 0.0833. The van der Waals surface area contributed by atoms with E-state index in [1.807, 2.05) is 0 Å². The van der Waals surface area contributed by atoms with Gasteiger partial charge in [-0.2, -0.15) is 18.3 Å². The van der Waals surface area contributed by atoms with E-state index in [0.29, 0.717) is 22.6 Å². The van der Waals surface area contributed by atoms with Gasteiger partial charge in [0.2, 0.25) is 0 Å². The van der Waals surface area contributed by atoms with Gasteiger partial charge in [-0.25, -0.2) is 0 Å². The normalized spacial score (nSPS) is 12.2. The van der Waals surface area contributed by atoms with E-state index in [1.54, 1.807) is 6.07 Å². The van der Waals surface area contributed by atoms with Gasteiger partial charge >= 0.3 is 6.18 Å². The molecule has 4 nitrogen and oxygen atoms in total. The number of aromatic amines is 2. The average Bonchev–Trinajstić information content (AvgIpc) is 2.91. The number of nitrogens with zero attached hydrogens (tertiary/aromatic N) is 1. The first-order chi connectivity index (χ1) is 8.97. The van der Waals surface area contributed by atoms with E-state index < -0.39 is 11.7 Å². The molecule has 19 heavy (non-hydrogen) atoms. The zero-order valence-corrected chi connectivity index (χ0v) is 9.55. The third-order valence-corrected chi connectivity index (χ3v) is 2.91. The predicted molar refractivity (Wildman–Crippen MR) is 65.3 cm³/mol. The molecular formula is C12H9F3N4. The van der Waals surface area contributed by atoms with Gasteiger partial charge in [-0.1, -0.05) is 6.07 Å². The highest BCUT2D eigenvalue weighted by molar-refractivity contribution is 5.90. The van der Waals surface area contributed by atoms with Crippen LogP contribution in [-0.4, -0.2) is 15.2 Å². The summed E-state index contributed by atoms with van der Waals surface area (Å²) < 4.78 is 38.7. The summed E-state index contributed by atoms with van der Waals surface area (Å²) in [6.07, 6.45) is -2.98. The van der Waals surface area contributed by atoms with Crippen LogP contribution in [0.3, 0.4) is 0 Å². The maximum absolute atomic E-state index is 12.9. The van der Waals surface area contributed by atoms with Crippen LogP contribution in [-0.2, 0) is 6.18 Å². The highest BCUT2D eigenvalue weighted by Gasteiger charge is 2.32. The molecule has 2 heterocycles. The lowest BCUT2D eigenvalue weighted by Crippen LogP contribution is -2.04. The van der Waals surface area contributed by atoms with Gasteiger partial charge in [0, 0.05) is 10.9 Å². The van der Waals surface area contributed by atoms with E-state index in [1.165, 1.54) is 18.3 Å². The second kappa shape index (κ2) is 3.78. The molecule has 0 aliphatic heterocycles. The van der Waals surface area contributed by atoms with Crippen molar-refractivity contribution in [2.45, 2.75) is 6.18 Å². The fourth-order valence-electron chi connectivity index (χ4n) is 2.05. The lowest BCUT2D eigenvalue weighted by molar-refractivity contribution is -0.136. The number of halogens is 3. The lowest BCUT2D eigenvalue weighted by Gasteiger charge is -2.06. The highest BCUT2D eigenvalue weighted by atomic mass is 19.4. The van der Waals surface area contributed by atoms with Gasteiger partial charge in [0.1, 0.15) is 5.69 Å². The molecule has 1 aromatic carbocycles. The summed E-state index contributed by atoms with van der Waals surface area (Å²) in [7, 11) is 0. The van der Waals surface area contributed by atoms with E-state index >= 15 is 0 Å². The molecule has 3 aromatic rings. The van der Waals surface area contributed by atoms with E-state index in [9.17, 15) is 13.2 Å². The van der Waals surface area contributed by atoms with Gasteiger partial charge in [-0.3, -0.25) is 5.10 Å². The number of nitrogen functional groups attached to an aromatic ring is 1. The number of hydrogen-bond acceptors (Lipinski definition) is 2. The van der Waals surface area contributed by atoms with Gasteiger partial charge in [0.05, 0.1) is 23.1 Å². The van der Waals surface area contributed by atoms with Crippen LogP contribution in [0.2, 0.25) is 0 Å². The fourth-order valence-corrected chi connectivity index (χ4v) is 2.05. The minimum Gasteiger partial charge on any atom is -0.396 e. The molecule has 0 saturated heterocycles. The van der Waals surface area contributed by atoms with Crippen LogP contribution < -0.4 is 5.73 Å². The maximum Gasteiger partial charge on any atom is 0.417 e. The maximum atomic E-state index is 12.9. The van der Waals surface area contributed by atoms with Crippen LogP contribution >= 0.6 is 0 Å². The lowest BCUT2D eigenvalue weighted by atomic mass is 10.1. The smallest absolute Gasteiger partial charge is 0.396 e. The van der Waals surface area contributed by atoms with Crippen molar-refractivity contribution in [1.29, 1.82) is 0 Å². The third-order valence-electron chi connectivity index (χ3n) is 2.91. The average molecular weight is 266 g/mol. The van der Waals surface area contributed by atoms with Gasteiger partial charge in [0.15, 0.2) is 0 Å². The SMILES string of the molecule is Nc1cn[nH]c1-c1cc2c(C(F)(F)F)cccc2[nH]1. The molecule has 0 fully saturated rings. The topological polar surface area (TPSA) is 70.5 Å². The number of fused-ring (bicyclic) bond motifs is 1. The number of alkyl halides is 3. The van der Waals surface area contributed by atoms with Crippen molar-refractivity contribution >= 4 is 16.6 Å². The summed E-state index contributed by atoms with van der Waals surface area (Å²) in [5.41, 5.74) is 6.73. The van der Waals surface area contributed by atoms with Crippen LogP contribution in [0.25, 0.3) is 22.3 Å². The first-order valence-electron chi connectivity index (χ1n) is 5.45. The van der Waals surface area contributed by atoms with Crippen molar-refractivity contribution in [2.75, 3.05) is 5.73 Å². The Morgan fingerprint density at radius 1 is 1.21 bits per heavy atom. The van der Waals surface area contributed by atoms with Crippen molar-refractivity contribution in [3.05, 3.63) is 36.0 Å². The van der Waals surface area contributed by atoms with Crippen LogP contribution in [0, 0.1) is 0 Å². The van der Waals surface area contributed by atoms with E-state index in [0.717, 1.165) is 6.07 Å². The standard InChI is InChI=1S/C12H9F3N4/c13-12(14,15)7-2-1-3-9-6(7)4-10(18-9)11-8(16)5-17-19-11/h1-5,18H,16H2,(H,17,19).